The van der Waals surface area contributed by atoms with E-state index in [4.69, 9.17) is 0 Å². The molecule has 0 saturated heterocycles. The van der Waals surface area contributed by atoms with Crippen molar-refractivity contribution in [1.29, 1.82) is 0 Å². The van der Waals surface area contributed by atoms with E-state index in [0.29, 0.717) is 0 Å². The molecule has 0 heterocycles. The van der Waals surface area contributed by atoms with E-state index in [1.807, 2.05) is 20.8 Å². The highest BCUT2D eigenvalue weighted by molar-refractivity contribution is 7.89. The minimum atomic E-state index is -3.67. The molecule has 0 aliphatic rings. The van der Waals surface area contributed by atoms with Crippen LogP contribution in [0.5, 0.6) is 0 Å². The number of sulfonamides is 1. The summed E-state index contributed by atoms with van der Waals surface area (Å²) < 4.78 is 26.6. The van der Waals surface area contributed by atoms with Gasteiger partial charge in [0.15, 0.2) is 0 Å². The van der Waals surface area contributed by atoms with Gasteiger partial charge in [0.25, 0.3) is 0 Å². The molecule has 0 radical (unpaired) electrons. The molecule has 0 unspecified atom stereocenters. The van der Waals surface area contributed by atoms with Crippen LogP contribution in [0.3, 0.4) is 0 Å². The minimum absolute atomic E-state index is 0.0221. The number of rotatable bonds is 6. The maximum atomic E-state index is 12.1. The van der Waals surface area contributed by atoms with Crippen molar-refractivity contribution in [2.75, 3.05) is 0 Å². The molecule has 2 N–H and O–H groups in total. The Hall–Kier alpha value is -1.40. The topological polar surface area (TPSA) is 75.3 Å². The van der Waals surface area contributed by atoms with Gasteiger partial charge < -0.3 is 5.32 Å². The maximum absolute atomic E-state index is 12.1. The molecular formula is C14H22N2O3S. The van der Waals surface area contributed by atoms with Gasteiger partial charge in [-0.3, -0.25) is 4.79 Å². The highest BCUT2D eigenvalue weighted by Gasteiger charge is 2.22. The predicted molar refractivity (Wildman–Crippen MR) is 78.9 cm³/mol. The first-order valence-electron chi connectivity index (χ1n) is 6.65. The molecule has 1 amide bonds. The Morgan fingerprint density at radius 1 is 1.20 bits per heavy atom. The normalized spacial score (nSPS) is 14.6. The van der Waals surface area contributed by atoms with Gasteiger partial charge in [0, 0.05) is 6.04 Å². The van der Waals surface area contributed by atoms with Crippen LogP contribution in [0, 0.1) is 6.92 Å². The third kappa shape index (κ3) is 4.61. The number of aryl methyl sites for hydroxylation is 1. The van der Waals surface area contributed by atoms with Crippen molar-refractivity contribution in [3.63, 3.8) is 0 Å². The van der Waals surface area contributed by atoms with Gasteiger partial charge in [-0.2, -0.15) is 4.72 Å². The molecule has 5 nitrogen and oxygen atoms in total. The summed E-state index contributed by atoms with van der Waals surface area (Å²) in [6, 6.07) is 5.70. The number of carbonyl (C=O) groups excluding carboxylic acids is 1. The second-order valence-electron chi connectivity index (χ2n) is 4.97. The molecule has 1 aromatic rings. The van der Waals surface area contributed by atoms with Crippen LogP contribution >= 0.6 is 0 Å². The van der Waals surface area contributed by atoms with Crippen LogP contribution in [0.25, 0.3) is 0 Å². The van der Waals surface area contributed by atoms with Crippen molar-refractivity contribution < 1.29 is 13.2 Å². The van der Waals surface area contributed by atoms with Gasteiger partial charge in [0.05, 0.1) is 10.9 Å². The zero-order chi connectivity index (χ0) is 15.3. The monoisotopic (exact) mass is 298 g/mol. The van der Waals surface area contributed by atoms with Gasteiger partial charge in [-0.25, -0.2) is 8.42 Å². The Balaban J connectivity index is 2.75. The quantitative estimate of drug-likeness (QED) is 0.837. The molecule has 0 bridgehead atoms. The molecule has 1 rings (SSSR count). The number of amides is 1. The second-order valence-corrected chi connectivity index (χ2v) is 6.69. The van der Waals surface area contributed by atoms with E-state index >= 15 is 0 Å². The SMILES string of the molecule is CC[C@@H](C)NC(=O)[C@@H](C)NS(=O)(=O)c1ccc(C)cc1. The zero-order valence-electron chi connectivity index (χ0n) is 12.3. The van der Waals surface area contributed by atoms with E-state index in [1.165, 1.54) is 19.1 Å². The van der Waals surface area contributed by atoms with E-state index in [2.05, 4.69) is 10.0 Å². The van der Waals surface area contributed by atoms with Gasteiger partial charge in [-0.05, 0) is 39.3 Å². The van der Waals surface area contributed by atoms with Gasteiger partial charge >= 0.3 is 0 Å². The Morgan fingerprint density at radius 2 is 1.75 bits per heavy atom. The summed E-state index contributed by atoms with van der Waals surface area (Å²) >= 11 is 0. The van der Waals surface area contributed by atoms with Crippen LogP contribution < -0.4 is 10.0 Å². The largest absolute Gasteiger partial charge is 0.352 e. The van der Waals surface area contributed by atoms with E-state index < -0.39 is 16.1 Å². The first-order valence-corrected chi connectivity index (χ1v) is 8.14. The standard InChI is InChI=1S/C14H22N2O3S/c1-5-11(3)15-14(17)12(4)16-20(18,19)13-8-6-10(2)7-9-13/h6-9,11-12,16H,5H2,1-4H3,(H,15,17)/t11-,12-/m1/s1. The van der Waals surface area contributed by atoms with Crippen molar-refractivity contribution in [2.24, 2.45) is 0 Å². The summed E-state index contributed by atoms with van der Waals surface area (Å²) in [6.07, 6.45) is 0.795. The average Bonchev–Trinajstić information content (AvgIpc) is 2.38. The molecule has 6 heteroatoms. The first-order chi connectivity index (χ1) is 9.26. The Kier molecular flexibility index (Phi) is 5.71. The molecular weight excluding hydrogens is 276 g/mol. The summed E-state index contributed by atoms with van der Waals surface area (Å²) in [5.41, 5.74) is 0.978. The highest BCUT2D eigenvalue weighted by atomic mass is 32.2. The van der Waals surface area contributed by atoms with Crippen LogP contribution in [0.1, 0.15) is 32.8 Å². The summed E-state index contributed by atoms with van der Waals surface area (Å²) in [5.74, 6) is -0.324. The molecule has 112 valence electrons. The summed E-state index contributed by atoms with van der Waals surface area (Å²) in [7, 11) is -3.67. The predicted octanol–water partition coefficient (Wildman–Crippen LogP) is 1.58. The van der Waals surface area contributed by atoms with Crippen molar-refractivity contribution in [1.82, 2.24) is 10.0 Å². The average molecular weight is 298 g/mol. The lowest BCUT2D eigenvalue weighted by Crippen LogP contribution is -2.47. The summed E-state index contributed by atoms with van der Waals surface area (Å²) in [5, 5.41) is 2.75. The molecule has 0 aliphatic heterocycles. The van der Waals surface area contributed by atoms with Crippen molar-refractivity contribution in [3.05, 3.63) is 29.8 Å². The summed E-state index contributed by atoms with van der Waals surface area (Å²) in [4.78, 5) is 12.0. The van der Waals surface area contributed by atoms with Crippen molar-refractivity contribution in [3.8, 4) is 0 Å². The third-order valence-electron chi connectivity index (χ3n) is 3.06. The van der Waals surface area contributed by atoms with E-state index in [1.54, 1.807) is 12.1 Å². The number of hydrogen-bond donors (Lipinski definition) is 2. The zero-order valence-corrected chi connectivity index (χ0v) is 13.1. The minimum Gasteiger partial charge on any atom is -0.352 e. The van der Waals surface area contributed by atoms with E-state index in [9.17, 15) is 13.2 Å². The molecule has 0 aliphatic carbocycles. The fraction of sp³-hybridized carbons (Fsp3) is 0.500. The molecule has 20 heavy (non-hydrogen) atoms. The first kappa shape index (κ1) is 16.7. The fourth-order valence-corrected chi connectivity index (χ4v) is 2.74. The van der Waals surface area contributed by atoms with Gasteiger partial charge in [0.1, 0.15) is 0 Å². The number of benzene rings is 1. The third-order valence-corrected chi connectivity index (χ3v) is 4.61. The second kappa shape index (κ2) is 6.85. The van der Waals surface area contributed by atoms with Gasteiger partial charge in [-0.1, -0.05) is 24.6 Å². The highest BCUT2D eigenvalue weighted by Crippen LogP contribution is 2.10. The Morgan fingerprint density at radius 3 is 2.25 bits per heavy atom. The summed E-state index contributed by atoms with van der Waals surface area (Å²) in [6.45, 7) is 7.24. The molecule has 0 aromatic heterocycles. The Labute approximate surface area is 120 Å². The number of carbonyl (C=O) groups is 1. The molecule has 0 spiro atoms. The number of hydrogen-bond acceptors (Lipinski definition) is 3. The molecule has 0 saturated carbocycles. The lowest BCUT2D eigenvalue weighted by atomic mass is 10.2. The van der Waals surface area contributed by atoms with Crippen LogP contribution in [0.4, 0.5) is 0 Å². The van der Waals surface area contributed by atoms with E-state index in [-0.39, 0.29) is 16.8 Å². The van der Waals surface area contributed by atoms with Crippen LogP contribution in [-0.2, 0) is 14.8 Å². The van der Waals surface area contributed by atoms with Crippen LogP contribution in [0.15, 0.2) is 29.2 Å². The van der Waals surface area contributed by atoms with Gasteiger partial charge in [-0.15, -0.1) is 0 Å². The lowest BCUT2D eigenvalue weighted by Gasteiger charge is -2.17. The van der Waals surface area contributed by atoms with Crippen LogP contribution in [-0.4, -0.2) is 26.4 Å². The van der Waals surface area contributed by atoms with Gasteiger partial charge in [0.2, 0.25) is 15.9 Å². The maximum Gasteiger partial charge on any atom is 0.241 e. The smallest absolute Gasteiger partial charge is 0.241 e. The fourth-order valence-electron chi connectivity index (χ4n) is 1.54. The molecule has 1 aromatic carbocycles. The number of nitrogens with one attached hydrogen (secondary N) is 2. The van der Waals surface area contributed by atoms with E-state index in [0.717, 1.165) is 12.0 Å². The molecule has 0 fully saturated rings. The van der Waals surface area contributed by atoms with Crippen LogP contribution in [0.2, 0.25) is 0 Å². The molecule has 2 atom stereocenters. The van der Waals surface area contributed by atoms with Crippen molar-refractivity contribution >= 4 is 15.9 Å². The lowest BCUT2D eigenvalue weighted by molar-refractivity contribution is -0.122. The Bertz CT molecular complexity index is 552. The van der Waals surface area contributed by atoms with Crippen molar-refractivity contribution in [2.45, 2.75) is 51.1 Å².